The predicted octanol–water partition coefficient (Wildman–Crippen LogP) is -0.0306. The number of hydrogen-bond acceptors (Lipinski definition) is 4. The van der Waals surface area contributed by atoms with Gasteiger partial charge in [0, 0.05) is 0 Å². The highest BCUT2D eigenvalue weighted by atomic mass is 16.4. The lowest BCUT2D eigenvalue weighted by Gasteiger charge is -1.70. The fraction of sp³-hybridized carbons (Fsp3) is 0.333. The highest BCUT2D eigenvalue weighted by molar-refractivity contribution is 5.69. The molecular formula is C6H6N2O4. The van der Waals surface area contributed by atoms with Crippen molar-refractivity contribution in [2.45, 2.75) is 12.8 Å². The summed E-state index contributed by atoms with van der Waals surface area (Å²) < 4.78 is 0. The van der Waals surface area contributed by atoms with Gasteiger partial charge in [-0.15, -0.1) is 0 Å². The number of carboxylic acids is 2. The minimum Gasteiger partial charge on any atom is -0.480 e. The van der Waals surface area contributed by atoms with E-state index in [0.717, 1.165) is 0 Å². The van der Waals surface area contributed by atoms with E-state index in [2.05, 4.69) is 0 Å². The molecule has 0 aromatic carbocycles. The smallest absolute Gasteiger partial charge is 0.317 e. The van der Waals surface area contributed by atoms with E-state index in [1.165, 1.54) is 12.1 Å². The molecule has 0 aromatic rings. The standard InChI is InChI=1S/2C3H3NO2/c2*4-2-1-3(5)6/h2*1H2,(H,5,6). The van der Waals surface area contributed by atoms with Crippen molar-refractivity contribution in [1.29, 1.82) is 10.5 Å². The third kappa shape index (κ3) is 24.7. The molecule has 64 valence electrons. The molecule has 0 saturated heterocycles. The maximum absolute atomic E-state index is 9.38. The molecule has 0 atom stereocenters. The Morgan fingerprint density at radius 2 is 1.25 bits per heavy atom. The zero-order valence-corrected chi connectivity index (χ0v) is 6.02. The molecule has 0 unspecified atom stereocenters. The molecule has 0 aromatic heterocycles. The van der Waals surface area contributed by atoms with Gasteiger partial charge in [-0.2, -0.15) is 10.5 Å². The van der Waals surface area contributed by atoms with Gasteiger partial charge in [-0.3, -0.25) is 9.59 Å². The van der Waals surface area contributed by atoms with Gasteiger partial charge in [0.1, 0.15) is 12.8 Å². The van der Waals surface area contributed by atoms with Crippen molar-refractivity contribution in [3.63, 3.8) is 0 Å². The first-order valence-electron chi connectivity index (χ1n) is 2.72. The Bertz CT molecular complexity index is 209. The molecule has 0 spiro atoms. The number of rotatable bonds is 2. The first kappa shape index (κ1) is 12.6. The molecule has 0 aliphatic heterocycles. The Balaban J connectivity index is 0. The van der Waals surface area contributed by atoms with Crippen LogP contribution < -0.4 is 0 Å². The van der Waals surface area contributed by atoms with Gasteiger partial charge in [0.15, 0.2) is 0 Å². The molecule has 0 heterocycles. The Hall–Kier alpha value is -2.08. The molecule has 0 rings (SSSR count). The van der Waals surface area contributed by atoms with Crippen molar-refractivity contribution < 1.29 is 19.8 Å². The summed E-state index contributed by atoms with van der Waals surface area (Å²) in [5.41, 5.74) is 0. The third-order valence-electron chi connectivity index (χ3n) is 0.461. The summed E-state index contributed by atoms with van der Waals surface area (Å²) in [7, 11) is 0. The summed E-state index contributed by atoms with van der Waals surface area (Å²) in [6, 6.07) is 2.94. The molecular weight excluding hydrogens is 164 g/mol. The van der Waals surface area contributed by atoms with Crippen molar-refractivity contribution >= 4 is 11.9 Å². The number of carboxylic acid groups (broad SMARTS) is 2. The van der Waals surface area contributed by atoms with Gasteiger partial charge in [-0.05, 0) is 0 Å². The van der Waals surface area contributed by atoms with E-state index < -0.39 is 24.8 Å². The van der Waals surface area contributed by atoms with Gasteiger partial charge >= 0.3 is 11.9 Å². The monoisotopic (exact) mass is 170 g/mol. The van der Waals surface area contributed by atoms with Crippen molar-refractivity contribution in [2.24, 2.45) is 0 Å². The number of hydrogen-bond donors (Lipinski definition) is 2. The van der Waals surface area contributed by atoms with Crippen LogP contribution in [-0.4, -0.2) is 22.2 Å². The van der Waals surface area contributed by atoms with Crippen LogP contribution >= 0.6 is 0 Å². The maximum Gasteiger partial charge on any atom is 0.317 e. The predicted molar refractivity (Wildman–Crippen MR) is 35.7 cm³/mol. The van der Waals surface area contributed by atoms with Crippen LogP contribution in [0.4, 0.5) is 0 Å². The number of aliphatic carboxylic acids is 2. The summed E-state index contributed by atoms with van der Waals surface area (Å²) in [5, 5.41) is 30.6. The summed E-state index contributed by atoms with van der Waals surface area (Å²) in [6.45, 7) is 0. The second-order valence-corrected chi connectivity index (χ2v) is 1.46. The summed E-state index contributed by atoms with van der Waals surface area (Å²) in [4.78, 5) is 18.8. The van der Waals surface area contributed by atoms with Crippen LogP contribution in [0, 0.1) is 22.7 Å². The van der Waals surface area contributed by atoms with E-state index in [0.29, 0.717) is 0 Å². The van der Waals surface area contributed by atoms with Crippen LogP contribution in [-0.2, 0) is 9.59 Å². The summed E-state index contributed by atoms with van der Waals surface area (Å²) >= 11 is 0. The second kappa shape index (κ2) is 8.92. The van der Waals surface area contributed by atoms with Gasteiger partial charge in [0.05, 0.1) is 12.1 Å². The van der Waals surface area contributed by atoms with Crippen LogP contribution in [0.5, 0.6) is 0 Å². The lowest BCUT2D eigenvalue weighted by molar-refractivity contribution is -0.136. The lowest BCUT2D eigenvalue weighted by atomic mass is 10.5. The van der Waals surface area contributed by atoms with Gasteiger partial charge in [-0.25, -0.2) is 0 Å². The first-order chi connectivity index (χ1) is 5.54. The van der Waals surface area contributed by atoms with E-state index in [1.54, 1.807) is 0 Å². The minimum absolute atomic E-state index is 0.403. The Morgan fingerprint density at radius 3 is 1.25 bits per heavy atom. The van der Waals surface area contributed by atoms with Crippen molar-refractivity contribution in [2.75, 3.05) is 0 Å². The molecule has 0 radical (unpaired) electrons. The second-order valence-electron chi connectivity index (χ2n) is 1.46. The van der Waals surface area contributed by atoms with Crippen molar-refractivity contribution in [3.8, 4) is 12.1 Å². The van der Waals surface area contributed by atoms with Gasteiger partial charge < -0.3 is 10.2 Å². The fourth-order valence-corrected chi connectivity index (χ4v) is 0.135. The lowest BCUT2D eigenvalue weighted by Crippen LogP contribution is -1.88. The summed E-state index contributed by atoms with van der Waals surface area (Å²) in [5.74, 6) is -2.14. The van der Waals surface area contributed by atoms with E-state index >= 15 is 0 Å². The molecule has 0 aliphatic carbocycles. The van der Waals surface area contributed by atoms with Crippen LogP contribution in [0.1, 0.15) is 12.8 Å². The minimum atomic E-state index is -1.07. The zero-order chi connectivity index (χ0) is 9.98. The average Bonchev–Trinajstić information content (AvgIpc) is 1.87. The molecule has 6 heteroatoms. The molecule has 0 bridgehead atoms. The quantitative estimate of drug-likeness (QED) is 0.599. The molecule has 0 amide bonds. The first-order valence-corrected chi connectivity index (χ1v) is 2.72. The Morgan fingerprint density at radius 1 is 1.00 bits per heavy atom. The number of nitrogens with zero attached hydrogens (tertiary/aromatic N) is 2. The Kier molecular flexibility index (Phi) is 9.35. The van der Waals surface area contributed by atoms with E-state index in [-0.39, 0.29) is 0 Å². The Labute approximate surface area is 68.3 Å². The van der Waals surface area contributed by atoms with Crippen LogP contribution in [0.25, 0.3) is 0 Å². The highest BCUT2D eigenvalue weighted by Crippen LogP contribution is 1.68. The fourth-order valence-electron chi connectivity index (χ4n) is 0.135. The van der Waals surface area contributed by atoms with Gasteiger partial charge in [-0.1, -0.05) is 0 Å². The molecule has 0 fully saturated rings. The molecule has 2 N–H and O–H groups in total. The molecule has 12 heavy (non-hydrogen) atoms. The summed E-state index contributed by atoms with van der Waals surface area (Å²) in [6.07, 6.45) is -0.806. The highest BCUT2D eigenvalue weighted by Gasteiger charge is 1.88. The zero-order valence-electron chi connectivity index (χ0n) is 6.02. The SMILES string of the molecule is N#CCC(=O)O.N#CCC(=O)O. The van der Waals surface area contributed by atoms with E-state index in [4.69, 9.17) is 20.7 Å². The van der Waals surface area contributed by atoms with Crippen molar-refractivity contribution in [3.05, 3.63) is 0 Å². The molecule has 0 saturated carbocycles. The topological polar surface area (TPSA) is 122 Å². The van der Waals surface area contributed by atoms with Gasteiger partial charge in [0.25, 0.3) is 0 Å². The molecule has 6 nitrogen and oxygen atoms in total. The van der Waals surface area contributed by atoms with Crippen LogP contribution in [0.3, 0.4) is 0 Å². The maximum atomic E-state index is 9.38. The van der Waals surface area contributed by atoms with Crippen LogP contribution in [0.15, 0.2) is 0 Å². The third-order valence-corrected chi connectivity index (χ3v) is 0.461. The molecule has 0 aliphatic rings. The number of carbonyl (C=O) groups is 2. The van der Waals surface area contributed by atoms with E-state index in [1.807, 2.05) is 0 Å². The van der Waals surface area contributed by atoms with Crippen molar-refractivity contribution in [1.82, 2.24) is 0 Å². The normalized spacial score (nSPS) is 6.50. The number of nitriles is 2. The van der Waals surface area contributed by atoms with Crippen LogP contribution in [0.2, 0.25) is 0 Å². The van der Waals surface area contributed by atoms with Gasteiger partial charge in [0.2, 0.25) is 0 Å². The largest absolute Gasteiger partial charge is 0.480 e. The van der Waals surface area contributed by atoms with E-state index in [9.17, 15) is 9.59 Å². The average molecular weight is 170 g/mol.